The zero-order valence-corrected chi connectivity index (χ0v) is 13.5. The van der Waals surface area contributed by atoms with Gasteiger partial charge in [0.1, 0.15) is 11.3 Å². The van der Waals surface area contributed by atoms with Crippen LogP contribution in [0.5, 0.6) is 5.75 Å². The summed E-state index contributed by atoms with van der Waals surface area (Å²) in [5, 5.41) is 0. The van der Waals surface area contributed by atoms with Crippen molar-refractivity contribution < 1.29 is 27.4 Å². The lowest BCUT2D eigenvalue weighted by molar-refractivity contribution is -0.153. The molecule has 132 valence electrons. The van der Waals surface area contributed by atoms with Gasteiger partial charge < -0.3 is 19.8 Å². The molecule has 0 aliphatic rings. The van der Waals surface area contributed by atoms with Crippen molar-refractivity contribution in [3.63, 3.8) is 0 Å². The first-order valence-electron chi connectivity index (χ1n) is 7.34. The predicted octanol–water partition coefficient (Wildman–Crippen LogP) is 2.84. The third kappa shape index (κ3) is 3.39. The topological polar surface area (TPSA) is 79.4 Å². The highest BCUT2D eigenvalue weighted by Crippen LogP contribution is 2.35. The van der Waals surface area contributed by atoms with Crippen molar-refractivity contribution in [2.24, 2.45) is 7.05 Å². The predicted molar refractivity (Wildman–Crippen MR) is 82.0 cm³/mol. The first-order chi connectivity index (χ1) is 11.2. The number of pyridine rings is 1. The zero-order valence-electron chi connectivity index (χ0n) is 13.5. The Kier molecular flexibility index (Phi) is 4.91. The van der Waals surface area contributed by atoms with Gasteiger partial charge in [0.2, 0.25) is 0 Å². The molecule has 0 bridgehead atoms. The number of aryl methyl sites for hydroxylation is 2. The van der Waals surface area contributed by atoms with E-state index in [4.69, 9.17) is 15.2 Å². The van der Waals surface area contributed by atoms with Gasteiger partial charge in [-0.15, -0.1) is 0 Å². The zero-order chi connectivity index (χ0) is 18.1. The maximum absolute atomic E-state index is 12.5. The number of anilines is 1. The smallest absolute Gasteiger partial charge is 0.422 e. The molecule has 0 radical (unpaired) electrons. The van der Waals surface area contributed by atoms with Crippen LogP contribution in [0.3, 0.4) is 0 Å². The minimum Gasteiger partial charge on any atom is -0.479 e. The lowest BCUT2D eigenvalue weighted by Gasteiger charge is -2.10. The lowest BCUT2D eigenvalue weighted by Crippen LogP contribution is -2.21. The summed E-state index contributed by atoms with van der Waals surface area (Å²) in [6, 6.07) is 1.68. The largest absolute Gasteiger partial charge is 0.479 e. The van der Waals surface area contributed by atoms with E-state index in [1.54, 1.807) is 13.0 Å². The number of hydrogen-bond acceptors (Lipinski definition) is 5. The van der Waals surface area contributed by atoms with Crippen LogP contribution in [0.1, 0.15) is 29.9 Å². The molecule has 2 heterocycles. The van der Waals surface area contributed by atoms with Crippen LogP contribution in [0.15, 0.2) is 6.07 Å². The van der Waals surface area contributed by atoms with Crippen LogP contribution in [-0.2, 0) is 18.2 Å². The number of esters is 1. The average Bonchev–Trinajstić information content (AvgIpc) is 2.75. The number of nitrogens with zero attached hydrogens (tertiary/aromatic N) is 2. The van der Waals surface area contributed by atoms with Gasteiger partial charge >= 0.3 is 12.1 Å². The van der Waals surface area contributed by atoms with Gasteiger partial charge in [0, 0.05) is 7.05 Å². The van der Waals surface area contributed by atoms with Crippen LogP contribution in [0, 0.1) is 0 Å². The molecule has 0 atom stereocenters. The SMILES string of the molecule is CCOC(=O)c1c(OCC(F)(F)F)c2nc(N)c(CC)cc2n1C. The summed E-state index contributed by atoms with van der Waals surface area (Å²) in [6.45, 7) is 2.00. The first kappa shape index (κ1) is 17.9. The normalized spacial score (nSPS) is 11.8. The maximum atomic E-state index is 12.5. The van der Waals surface area contributed by atoms with E-state index in [1.807, 2.05) is 6.92 Å². The Morgan fingerprint density at radius 3 is 2.58 bits per heavy atom. The molecule has 0 spiro atoms. The van der Waals surface area contributed by atoms with Crippen LogP contribution in [0.2, 0.25) is 0 Å². The molecule has 2 aromatic heterocycles. The number of halogens is 3. The van der Waals surface area contributed by atoms with Gasteiger partial charge in [0.15, 0.2) is 18.1 Å². The van der Waals surface area contributed by atoms with Crippen molar-refractivity contribution in [2.45, 2.75) is 26.4 Å². The maximum Gasteiger partial charge on any atom is 0.422 e. The number of ether oxygens (including phenoxy) is 2. The summed E-state index contributed by atoms with van der Waals surface area (Å²) in [6.07, 6.45) is -3.96. The van der Waals surface area contributed by atoms with E-state index in [9.17, 15) is 18.0 Å². The first-order valence-corrected chi connectivity index (χ1v) is 7.34. The highest BCUT2D eigenvalue weighted by Gasteiger charge is 2.32. The fourth-order valence-corrected chi connectivity index (χ4v) is 2.37. The number of nitrogens with two attached hydrogens (primary N) is 1. The highest BCUT2D eigenvalue weighted by molar-refractivity contribution is 6.00. The van der Waals surface area contributed by atoms with Gasteiger partial charge in [-0.1, -0.05) is 6.92 Å². The molecule has 6 nitrogen and oxygen atoms in total. The Morgan fingerprint density at radius 1 is 1.38 bits per heavy atom. The summed E-state index contributed by atoms with van der Waals surface area (Å²) >= 11 is 0. The summed E-state index contributed by atoms with van der Waals surface area (Å²) in [7, 11) is 1.53. The molecular weight excluding hydrogens is 327 g/mol. The van der Waals surface area contributed by atoms with Crippen LogP contribution in [0.25, 0.3) is 11.0 Å². The summed E-state index contributed by atoms with van der Waals surface area (Å²) in [5.41, 5.74) is 6.96. The second-order valence-corrected chi connectivity index (χ2v) is 5.12. The minimum absolute atomic E-state index is 0.0782. The minimum atomic E-state index is -4.55. The molecule has 0 unspecified atom stereocenters. The Morgan fingerprint density at radius 2 is 2.04 bits per heavy atom. The van der Waals surface area contributed by atoms with E-state index < -0.39 is 18.8 Å². The number of fused-ring (bicyclic) bond motifs is 1. The van der Waals surface area contributed by atoms with Crippen molar-refractivity contribution in [1.29, 1.82) is 0 Å². The lowest BCUT2D eigenvalue weighted by atomic mass is 10.2. The van der Waals surface area contributed by atoms with Crippen molar-refractivity contribution >= 4 is 22.8 Å². The van der Waals surface area contributed by atoms with E-state index >= 15 is 0 Å². The number of aromatic nitrogens is 2. The number of alkyl halides is 3. The molecular formula is C15H18F3N3O3. The van der Waals surface area contributed by atoms with Crippen molar-refractivity contribution in [1.82, 2.24) is 9.55 Å². The van der Waals surface area contributed by atoms with E-state index in [1.165, 1.54) is 11.6 Å². The number of rotatable bonds is 5. The Labute approximate surface area is 136 Å². The summed E-state index contributed by atoms with van der Waals surface area (Å²) < 4.78 is 48.8. The second-order valence-electron chi connectivity index (χ2n) is 5.12. The number of nitrogen functional groups attached to an aromatic ring is 1. The molecule has 0 aliphatic carbocycles. The van der Waals surface area contributed by atoms with E-state index in [0.717, 1.165) is 5.56 Å². The van der Waals surface area contributed by atoms with Crippen LogP contribution < -0.4 is 10.5 Å². The molecule has 0 fully saturated rings. The molecule has 2 N–H and O–H groups in total. The Bertz CT molecular complexity index is 769. The molecule has 2 rings (SSSR count). The van der Waals surface area contributed by atoms with Crippen molar-refractivity contribution in [3.05, 3.63) is 17.3 Å². The van der Waals surface area contributed by atoms with E-state index in [0.29, 0.717) is 11.9 Å². The fourth-order valence-electron chi connectivity index (χ4n) is 2.37. The number of hydrogen-bond donors (Lipinski definition) is 1. The highest BCUT2D eigenvalue weighted by atomic mass is 19.4. The molecule has 0 saturated heterocycles. The molecule has 2 aromatic rings. The van der Waals surface area contributed by atoms with Gasteiger partial charge in [-0.2, -0.15) is 13.2 Å². The molecule has 0 amide bonds. The van der Waals surface area contributed by atoms with E-state index in [2.05, 4.69) is 4.98 Å². The second kappa shape index (κ2) is 6.58. The van der Waals surface area contributed by atoms with Gasteiger partial charge in [0.25, 0.3) is 0 Å². The van der Waals surface area contributed by atoms with Gasteiger partial charge in [0.05, 0.1) is 12.1 Å². The van der Waals surface area contributed by atoms with E-state index in [-0.39, 0.29) is 29.4 Å². The molecule has 0 saturated carbocycles. The van der Waals surface area contributed by atoms with Gasteiger partial charge in [-0.25, -0.2) is 9.78 Å². The van der Waals surface area contributed by atoms with Crippen molar-refractivity contribution in [3.8, 4) is 5.75 Å². The van der Waals surface area contributed by atoms with Crippen molar-refractivity contribution in [2.75, 3.05) is 18.9 Å². The van der Waals surface area contributed by atoms with Crippen LogP contribution in [-0.4, -0.2) is 34.9 Å². The summed E-state index contributed by atoms with van der Waals surface area (Å²) in [4.78, 5) is 16.3. The average molecular weight is 345 g/mol. The molecule has 9 heteroatoms. The fraction of sp³-hybridized carbons (Fsp3) is 0.467. The molecule has 0 aromatic carbocycles. The van der Waals surface area contributed by atoms with Crippen LogP contribution in [0.4, 0.5) is 19.0 Å². The summed E-state index contributed by atoms with van der Waals surface area (Å²) in [5.74, 6) is -0.882. The third-order valence-corrected chi connectivity index (χ3v) is 3.47. The standard InChI is InChI=1S/C15H18F3N3O3/c1-4-8-6-9-10(20-13(8)19)12(24-7-15(16,17)18)11(21(9)3)14(22)23-5-2/h6H,4-5,7H2,1-3H3,(H2,19,20). The number of carbonyl (C=O) groups excluding carboxylic acids is 1. The van der Waals surface area contributed by atoms with Gasteiger partial charge in [-0.05, 0) is 25.0 Å². The Balaban J connectivity index is 2.67. The third-order valence-electron chi connectivity index (χ3n) is 3.47. The quantitative estimate of drug-likeness (QED) is 0.843. The monoisotopic (exact) mass is 345 g/mol. The van der Waals surface area contributed by atoms with Crippen LogP contribution >= 0.6 is 0 Å². The molecule has 0 aliphatic heterocycles. The van der Waals surface area contributed by atoms with Gasteiger partial charge in [-0.3, -0.25) is 0 Å². The Hall–Kier alpha value is -2.45. The number of carbonyl (C=O) groups is 1. The molecule has 24 heavy (non-hydrogen) atoms.